The number of carboxylic acids is 1. The van der Waals surface area contributed by atoms with E-state index in [9.17, 15) is 23.1 Å². The zero-order valence-corrected chi connectivity index (χ0v) is 22.1. The van der Waals surface area contributed by atoms with Gasteiger partial charge in [0, 0.05) is 18.7 Å². The van der Waals surface area contributed by atoms with Gasteiger partial charge in [0.15, 0.2) is 0 Å². The number of anilines is 1. The van der Waals surface area contributed by atoms with Crippen molar-refractivity contribution in [2.75, 3.05) is 37.6 Å². The number of hydrogen-bond donors (Lipinski definition) is 1. The fraction of sp³-hybridized carbons (Fsp3) is 0.419. The third-order valence-electron chi connectivity index (χ3n) is 8.04. The van der Waals surface area contributed by atoms with E-state index in [-0.39, 0.29) is 11.8 Å². The molecule has 0 aliphatic carbocycles. The average Bonchev–Trinajstić information content (AvgIpc) is 2.93. The van der Waals surface area contributed by atoms with E-state index in [2.05, 4.69) is 54.3 Å². The van der Waals surface area contributed by atoms with Gasteiger partial charge in [-0.25, -0.2) is 4.98 Å². The molecule has 2 aromatic carbocycles. The van der Waals surface area contributed by atoms with Crippen LogP contribution in [0.25, 0.3) is 22.4 Å². The van der Waals surface area contributed by atoms with Gasteiger partial charge in [0.05, 0.1) is 18.2 Å². The zero-order chi connectivity index (χ0) is 27.6. The van der Waals surface area contributed by atoms with Crippen LogP contribution in [0.2, 0.25) is 0 Å². The largest absolute Gasteiger partial charge is 0.481 e. The van der Waals surface area contributed by atoms with E-state index in [1.54, 1.807) is 0 Å². The lowest BCUT2D eigenvalue weighted by atomic mass is 9.87. The third kappa shape index (κ3) is 6.61. The van der Waals surface area contributed by atoms with Crippen LogP contribution < -0.4 is 4.90 Å². The molecule has 0 radical (unpaired) electrons. The van der Waals surface area contributed by atoms with Crippen molar-refractivity contribution >= 4 is 11.8 Å². The number of hydrogen-bond acceptors (Lipinski definition) is 4. The molecule has 0 saturated carbocycles. The highest BCUT2D eigenvalue weighted by atomic mass is 19.4. The summed E-state index contributed by atoms with van der Waals surface area (Å²) in [6.45, 7) is 3.50. The molecule has 2 saturated heterocycles. The Labute approximate surface area is 227 Å². The molecule has 0 atom stereocenters. The Hall–Kier alpha value is -3.39. The van der Waals surface area contributed by atoms with Crippen LogP contribution in [-0.2, 0) is 4.79 Å². The lowest BCUT2D eigenvalue weighted by Gasteiger charge is -2.32. The highest BCUT2D eigenvalue weighted by molar-refractivity contribution is 5.83. The molecule has 0 bridgehead atoms. The molecule has 5 nitrogen and oxygen atoms in total. The van der Waals surface area contributed by atoms with Crippen molar-refractivity contribution in [3.63, 3.8) is 0 Å². The quantitative estimate of drug-likeness (QED) is 0.376. The van der Waals surface area contributed by atoms with Gasteiger partial charge in [-0.1, -0.05) is 48.0 Å². The van der Waals surface area contributed by atoms with E-state index >= 15 is 0 Å². The predicted molar refractivity (Wildman–Crippen MR) is 147 cm³/mol. The van der Waals surface area contributed by atoms with E-state index in [0.29, 0.717) is 39.0 Å². The number of carboxylic acid groups (broad SMARTS) is 1. The van der Waals surface area contributed by atoms with Crippen LogP contribution in [0.5, 0.6) is 0 Å². The Morgan fingerprint density at radius 3 is 2.26 bits per heavy atom. The average molecular weight is 538 g/mol. The van der Waals surface area contributed by atoms with Crippen molar-refractivity contribution < 1.29 is 23.1 Å². The zero-order valence-electron chi connectivity index (χ0n) is 22.1. The highest BCUT2D eigenvalue weighted by Crippen LogP contribution is 2.36. The maximum Gasteiger partial charge on any atom is 0.401 e. The number of aryl methyl sites for hydroxylation is 1. The van der Waals surface area contributed by atoms with E-state index in [1.165, 1.54) is 10.5 Å². The second kappa shape index (κ2) is 11.4. The lowest BCUT2D eigenvalue weighted by Crippen LogP contribution is -2.39. The first kappa shape index (κ1) is 27.2. The fourth-order valence-corrected chi connectivity index (χ4v) is 5.84. The SMILES string of the molecule is Cc1ccc(-c2ccc(C3CCN(CC(F)(F)F)CC3)cc2)c(-c2cccc(N3CCC(C(=O)O)CC3)n2)c1. The fourth-order valence-electron chi connectivity index (χ4n) is 5.84. The number of piperidine rings is 2. The van der Waals surface area contributed by atoms with Gasteiger partial charge < -0.3 is 10.0 Å². The Balaban J connectivity index is 1.33. The monoisotopic (exact) mass is 537 g/mol. The Morgan fingerprint density at radius 1 is 0.923 bits per heavy atom. The van der Waals surface area contributed by atoms with Gasteiger partial charge in [0.1, 0.15) is 5.82 Å². The molecule has 0 spiro atoms. The Bertz CT molecular complexity index is 1290. The summed E-state index contributed by atoms with van der Waals surface area (Å²) in [6.07, 6.45) is -1.46. The normalized spacial score (nSPS) is 17.9. The second-order valence-electron chi connectivity index (χ2n) is 10.8. The summed E-state index contributed by atoms with van der Waals surface area (Å²) >= 11 is 0. The molecule has 3 aromatic rings. The number of likely N-dealkylation sites (tertiary alicyclic amines) is 1. The van der Waals surface area contributed by atoms with Gasteiger partial charge in [-0.15, -0.1) is 0 Å². The summed E-state index contributed by atoms with van der Waals surface area (Å²) < 4.78 is 38.2. The van der Waals surface area contributed by atoms with E-state index in [0.717, 1.165) is 46.6 Å². The van der Waals surface area contributed by atoms with Gasteiger partial charge in [0.2, 0.25) is 0 Å². The summed E-state index contributed by atoms with van der Waals surface area (Å²) in [6, 6.07) is 20.8. The van der Waals surface area contributed by atoms with Crippen molar-refractivity contribution in [1.82, 2.24) is 9.88 Å². The molecule has 0 unspecified atom stereocenters. The molecular formula is C31H34F3N3O2. The van der Waals surface area contributed by atoms with Gasteiger partial charge in [0.25, 0.3) is 0 Å². The van der Waals surface area contributed by atoms with Crippen molar-refractivity contribution in [3.05, 3.63) is 71.8 Å². The van der Waals surface area contributed by atoms with E-state index in [1.807, 2.05) is 18.2 Å². The van der Waals surface area contributed by atoms with Crippen LogP contribution in [0.1, 0.15) is 42.7 Å². The Kier molecular flexibility index (Phi) is 7.93. The summed E-state index contributed by atoms with van der Waals surface area (Å²) in [4.78, 5) is 20.0. The molecule has 3 heterocycles. The van der Waals surface area contributed by atoms with Crippen LogP contribution >= 0.6 is 0 Å². The smallest absolute Gasteiger partial charge is 0.401 e. The van der Waals surface area contributed by atoms with Crippen molar-refractivity contribution in [3.8, 4) is 22.4 Å². The van der Waals surface area contributed by atoms with Crippen LogP contribution in [0.3, 0.4) is 0 Å². The molecular weight excluding hydrogens is 503 g/mol. The number of benzene rings is 2. The first-order valence-electron chi connectivity index (χ1n) is 13.6. The molecule has 0 amide bonds. The molecule has 1 N–H and O–H groups in total. The molecule has 2 aliphatic rings. The molecule has 1 aromatic heterocycles. The van der Waals surface area contributed by atoms with Crippen molar-refractivity contribution in [2.24, 2.45) is 5.92 Å². The number of aromatic nitrogens is 1. The first-order valence-corrected chi connectivity index (χ1v) is 13.6. The topological polar surface area (TPSA) is 56.7 Å². The minimum absolute atomic E-state index is 0.268. The first-order chi connectivity index (χ1) is 18.7. The summed E-state index contributed by atoms with van der Waals surface area (Å²) in [7, 11) is 0. The van der Waals surface area contributed by atoms with Crippen LogP contribution in [0.15, 0.2) is 60.7 Å². The molecule has 2 fully saturated rings. The minimum atomic E-state index is -4.15. The Morgan fingerprint density at radius 2 is 1.62 bits per heavy atom. The number of rotatable bonds is 6. The molecule has 5 rings (SSSR count). The second-order valence-corrected chi connectivity index (χ2v) is 10.8. The van der Waals surface area contributed by atoms with Gasteiger partial charge in [-0.2, -0.15) is 13.2 Å². The van der Waals surface area contributed by atoms with Gasteiger partial charge >= 0.3 is 12.1 Å². The molecule has 2 aliphatic heterocycles. The lowest BCUT2D eigenvalue weighted by molar-refractivity contribution is -0.148. The summed E-state index contributed by atoms with van der Waals surface area (Å²) in [5, 5.41) is 9.32. The van der Waals surface area contributed by atoms with Crippen LogP contribution in [-0.4, -0.2) is 59.9 Å². The van der Waals surface area contributed by atoms with Crippen molar-refractivity contribution in [1.29, 1.82) is 0 Å². The number of carbonyl (C=O) groups is 1. The number of aliphatic carboxylic acids is 1. The number of nitrogens with zero attached hydrogens (tertiary/aromatic N) is 3. The summed E-state index contributed by atoms with van der Waals surface area (Å²) in [5.74, 6) is 0.113. The number of halogens is 3. The standard InChI is InChI=1S/C31H34F3N3O2/c1-21-5-10-26(24-8-6-22(7-9-24)23-11-15-36(16-12-23)20-31(32,33)34)27(19-21)28-3-2-4-29(35-28)37-17-13-25(14-18-37)30(38)39/h2-10,19,23,25H,11-18,20H2,1H3,(H,38,39). The van der Waals surface area contributed by atoms with E-state index < -0.39 is 18.7 Å². The van der Waals surface area contributed by atoms with Crippen molar-refractivity contribution in [2.45, 2.75) is 44.7 Å². The molecule has 8 heteroatoms. The number of pyridine rings is 1. The maximum atomic E-state index is 12.7. The molecule has 39 heavy (non-hydrogen) atoms. The van der Waals surface area contributed by atoms with Crippen LogP contribution in [0, 0.1) is 12.8 Å². The minimum Gasteiger partial charge on any atom is -0.481 e. The highest BCUT2D eigenvalue weighted by Gasteiger charge is 2.32. The van der Waals surface area contributed by atoms with Gasteiger partial charge in [-0.3, -0.25) is 9.69 Å². The van der Waals surface area contributed by atoms with Gasteiger partial charge in [-0.05, 0) is 86.5 Å². The summed E-state index contributed by atoms with van der Waals surface area (Å²) in [5.41, 5.74) is 6.34. The predicted octanol–water partition coefficient (Wildman–Crippen LogP) is 6.77. The molecule has 206 valence electrons. The van der Waals surface area contributed by atoms with Crippen LogP contribution in [0.4, 0.5) is 19.0 Å². The third-order valence-corrected chi connectivity index (χ3v) is 8.04. The number of alkyl halides is 3. The van der Waals surface area contributed by atoms with E-state index in [4.69, 9.17) is 4.98 Å². The maximum absolute atomic E-state index is 12.7.